The first-order valence-corrected chi connectivity index (χ1v) is 5.36. The zero-order valence-corrected chi connectivity index (χ0v) is 9.81. The highest BCUT2D eigenvalue weighted by Crippen LogP contribution is 2.23. The van der Waals surface area contributed by atoms with Crippen molar-refractivity contribution in [1.29, 1.82) is 0 Å². The van der Waals surface area contributed by atoms with Crippen LogP contribution in [0.4, 0.5) is 0 Å². The van der Waals surface area contributed by atoms with Gasteiger partial charge in [0.2, 0.25) is 0 Å². The van der Waals surface area contributed by atoms with Crippen molar-refractivity contribution in [2.45, 2.75) is 25.7 Å². The molecule has 3 heteroatoms. The second-order valence-corrected chi connectivity index (χ2v) is 4.31. The molecular weight excluding hydrogens is 216 g/mol. The van der Waals surface area contributed by atoms with Crippen LogP contribution >= 0.6 is 0 Å². The highest BCUT2D eigenvalue weighted by Gasteiger charge is 2.14. The first-order valence-electron chi connectivity index (χ1n) is 5.36. The average molecular weight is 230 g/mol. The van der Waals surface area contributed by atoms with Crippen molar-refractivity contribution in [1.82, 2.24) is 0 Å². The van der Waals surface area contributed by atoms with E-state index in [2.05, 4.69) is 11.8 Å². The van der Waals surface area contributed by atoms with Crippen LogP contribution in [0, 0.1) is 11.8 Å². The Hall–Kier alpha value is -1.92. The number of hydrogen-bond donors (Lipinski definition) is 1. The van der Waals surface area contributed by atoms with Crippen LogP contribution in [0.3, 0.4) is 0 Å². The maximum atomic E-state index is 9.48. The van der Waals surface area contributed by atoms with Crippen molar-refractivity contribution in [2.24, 2.45) is 0 Å². The minimum Gasteiger partial charge on any atom is -0.455 e. The normalized spacial score (nSPS) is 14.8. The Labute approximate surface area is 101 Å². The Morgan fingerprint density at radius 1 is 1.12 bits per heavy atom. The minimum atomic E-state index is -0.972. The molecule has 0 unspecified atom stereocenters. The number of aliphatic hydroxyl groups is 1. The lowest BCUT2D eigenvalue weighted by atomic mass is 10.1. The highest BCUT2D eigenvalue weighted by molar-refractivity contribution is 5.38. The van der Waals surface area contributed by atoms with Crippen LogP contribution in [-0.2, 0) is 9.47 Å². The van der Waals surface area contributed by atoms with Crippen LogP contribution in [0.1, 0.15) is 31.3 Å². The third kappa shape index (κ3) is 3.27. The van der Waals surface area contributed by atoms with E-state index in [1.165, 1.54) is 12.5 Å². The van der Waals surface area contributed by atoms with Crippen LogP contribution in [0.5, 0.6) is 0 Å². The van der Waals surface area contributed by atoms with Crippen LogP contribution in [0.25, 0.3) is 0 Å². The molecular formula is C14H14O3. The van der Waals surface area contributed by atoms with Gasteiger partial charge in [0.25, 0.3) is 6.29 Å². The number of rotatable bonds is 1. The van der Waals surface area contributed by atoms with Crippen molar-refractivity contribution in [3.8, 4) is 11.8 Å². The van der Waals surface area contributed by atoms with Gasteiger partial charge in [-0.2, -0.15) is 0 Å². The fourth-order valence-electron chi connectivity index (χ4n) is 1.34. The van der Waals surface area contributed by atoms with Gasteiger partial charge in [0.1, 0.15) is 18.1 Å². The van der Waals surface area contributed by atoms with Gasteiger partial charge < -0.3 is 14.6 Å². The quantitative estimate of drug-likeness (QED) is 0.752. The van der Waals surface area contributed by atoms with Gasteiger partial charge in [-0.3, -0.25) is 0 Å². The first kappa shape index (κ1) is 11.6. The van der Waals surface area contributed by atoms with E-state index < -0.39 is 5.60 Å². The number of ether oxygens (including phenoxy) is 2. The summed E-state index contributed by atoms with van der Waals surface area (Å²) in [5, 5.41) is 9.48. The molecule has 2 rings (SSSR count). The molecule has 0 aliphatic carbocycles. The molecule has 0 atom stereocenters. The predicted octanol–water partition coefficient (Wildman–Crippen LogP) is 2.33. The zero-order valence-electron chi connectivity index (χ0n) is 9.81. The maximum absolute atomic E-state index is 9.48. The molecule has 1 aromatic carbocycles. The molecule has 0 saturated heterocycles. The molecule has 0 amide bonds. The zero-order chi connectivity index (χ0) is 12.3. The summed E-state index contributed by atoms with van der Waals surface area (Å²) >= 11 is 0. The van der Waals surface area contributed by atoms with Gasteiger partial charge in [0.15, 0.2) is 0 Å². The molecule has 1 aromatic rings. The molecule has 3 nitrogen and oxygen atoms in total. The molecule has 0 radical (unpaired) electrons. The topological polar surface area (TPSA) is 38.7 Å². The monoisotopic (exact) mass is 230 g/mol. The van der Waals surface area contributed by atoms with E-state index in [0.29, 0.717) is 0 Å². The van der Waals surface area contributed by atoms with Gasteiger partial charge in [-0.05, 0) is 26.0 Å². The molecule has 1 aliphatic rings. The fraction of sp³-hybridized carbons (Fsp3) is 0.286. The van der Waals surface area contributed by atoms with Gasteiger partial charge in [0, 0.05) is 11.1 Å². The predicted molar refractivity (Wildman–Crippen MR) is 63.7 cm³/mol. The second kappa shape index (κ2) is 4.52. The molecule has 0 fully saturated rings. The smallest absolute Gasteiger partial charge is 0.266 e. The van der Waals surface area contributed by atoms with Gasteiger partial charge >= 0.3 is 0 Å². The first-order chi connectivity index (χ1) is 8.04. The Kier molecular flexibility index (Phi) is 3.08. The SMILES string of the molecule is CC(C)(O)C#Cc1ccc(C2OC=CO2)cc1. The summed E-state index contributed by atoms with van der Waals surface area (Å²) in [7, 11) is 0. The van der Waals surface area contributed by atoms with Crippen LogP contribution < -0.4 is 0 Å². The number of benzene rings is 1. The molecule has 1 aliphatic heterocycles. The van der Waals surface area contributed by atoms with Crippen molar-refractivity contribution in [3.63, 3.8) is 0 Å². The summed E-state index contributed by atoms with van der Waals surface area (Å²) in [6.07, 6.45) is 2.69. The lowest BCUT2D eigenvalue weighted by Gasteiger charge is -2.10. The molecule has 0 spiro atoms. The number of hydrogen-bond acceptors (Lipinski definition) is 3. The Morgan fingerprint density at radius 3 is 2.24 bits per heavy atom. The maximum Gasteiger partial charge on any atom is 0.266 e. The fourth-order valence-corrected chi connectivity index (χ4v) is 1.34. The third-order valence-corrected chi connectivity index (χ3v) is 2.16. The van der Waals surface area contributed by atoms with E-state index in [9.17, 15) is 5.11 Å². The Balaban J connectivity index is 2.09. The molecule has 0 saturated carbocycles. The van der Waals surface area contributed by atoms with E-state index in [1.807, 2.05) is 24.3 Å². The highest BCUT2D eigenvalue weighted by atomic mass is 16.7. The van der Waals surface area contributed by atoms with Crippen LogP contribution in [-0.4, -0.2) is 10.7 Å². The average Bonchev–Trinajstić information content (AvgIpc) is 2.79. The molecule has 1 heterocycles. The van der Waals surface area contributed by atoms with Crippen LogP contribution in [0.15, 0.2) is 36.8 Å². The van der Waals surface area contributed by atoms with Crippen LogP contribution in [0.2, 0.25) is 0 Å². The van der Waals surface area contributed by atoms with Gasteiger partial charge in [-0.15, -0.1) is 0 Å². The lowest BCUT2D eigenvalue weighted by Crippen LogP contribution is -2.14. The summed E-state index contributed by atoms with van der Waals surface area (Å²) in [6.45, 7) is 3.31. The summed E-state index contributed by atoms with van der Waals surface area (Å²) < 4.78 is 10.4. The third-order valence-electron chi connectivity index (χ3n) is 2.16. The summed E-state index contributed by atoms with van der Waals surface area (Å²) in [6, 6.07) is 7.54. The van der Waals surface area contributed by atoms with Gasteiger partial charge in [-0.1, -0.05) is 24.0 Å². The Morgan fingerprint density at radius 2 is 1.71 bits per heavy atom. The standard InChI is InChI=1S/C14H14O3/c1-14(2,15)8-7-11-3-5-12(6-4-11)13-16-9-10-17-13/h3-6,9-10,13,15H,1-2H3. The Bertz CT molecular complexity index is 461. The van der Waals surface area contributed by atoms with Gasteiger partial charge in [-0.25, -0.2) is 0 Å². The molecule has 0 aromatic heterocycles. The second-order valence-electron chi connectivity index (χ2n) is 4.31. The van der Waals surface area contributed by atoms with Crippen molar-refractivity contribution in [3.05, 3.63) is 47.9 Å². The van der Waals surface area contributed by atoms with Gasteiger partial charge in [0.05, 0.1) is 0 Å². The van der Waals surface area contributed by atoms with E-state index in [0.717, 1.165) is 11.1 Å². The summed E-state index contributed by atoms with van der Waals surface area (Å²) in [5.41, 5.74) is 0.811. The molecule has 0 bridgehead atoms. The lowest BCUT2D eigenvalue weighted by molar-refractivity contribution is -0.0245. The van der Waals surface area contributed by atoms with E-state index in [-0.39, 0.29) is 6.29 Å². The molecule has 88 valence electrons. The van der Waals surface area contributed by atoms with E-state index >= 15 is 0 Å². The largest absolute Gasteiger partial charge is 0.455 e. The van der Waals surface area contributed by atoms with Crippen molar-refractivity contribution >= 4 is 0 Å². The summed E-state index contributed by atoms with van der Waals surface area (Å²) in [5.74, 6) is 5.66. The van der Waals surface area contributed by atoms with Crippen molar-refractivity contribution in [2.75, 3.05) is 0 Å². The van der Waals surface area contributed by atoms with E-state index in [1.54, 1.807) is 13.8 Å². The molecule has 1 N–H and O–H groups in total. The minimum absolute atomic E-state index is 0.355. The van der Waals surface area contributed by atoms with Crippen molar-refractivity contribution < 1.29 is 14.6 Å². The molecule has 17 heavy (non-hydrogen) atoms. The van der Waals surface area contributed by atoms with E-state index in [4.69, 9.17) is 9.47 Å². The summed E-state index contributed by atoms with van der Waals surface area (Å²) in [4.78, 5) is 0.